The lowest BCUT2D eigenvalue weighted by Crippen LogP contribution is -2.49. The minimum absolute atomic E-state index is 0.0135. The van der Waals surface area contributed by atoms with Crippen LogP contribution in [0.4, 0.5) is 18.9 Å². The second-order valence-corrected chi connectivity index (χ2v) is 5.29. The first-order valence-electron chi connectivity index (χ1n) is 6.72. The van der Waals surface area contributed by atoms with Gasteiger partial charge in [-0.25, -0.2) is 13.2 Å². The van der Waals surface area contributed by atoms with Gasteiger partial charge in [0.25, 0.3) is 0 Å². The van der Waals surface area contributed by atoms with E-state index in [4.69, 9.17) is 0 Å². The summed E-state index contributed by atoms with van der Waals surface area (Å²) in [4.78, 5) is 24.9. The Labute approximate surface area is 124 Å². The van der Waals surface area contributed by atoms with Crippen molar-refractivity contribution >= 4 is 17.5 Å². The summed E-state index contributed by atoms with van der Waals surface area (Å²) in [7, 11) is 0. The Hall–Kier alpha value is -2.09. The molecule has 22 heavy (non-hydrogen) atoms. The van der Waals surface area contributed by atoms with Crippen LogP contribution in [0.3, 0.4) is 0 Å². The largest absolute Gasteiger partial charge is 0.391 e. The number of β-amino-alcohol motifs (C(OH)–C–C–N with tert-alkyl or cyclic N) is 1. The van der Waals surface area contributed by atoms with E-state index in [-0.39, 0.29) is 18.2 Å². The second-order valence-electron chi connectivity index (χ2n) is 5.29. The van der Waals surface area contributed by atoms with Gasteiger partial charge in [0.15, 0.2) is 17.5 Å². The van der Waals surface area contributed by atoms with Gasteiger partial charge in [-0.05, 0) is 12.3 Å². The Bertz CT molecular complexity index is 586. The molecule has 120 valence electrons. The molecule has 1 aromatic carbocycles. The third kappa shape index (κ3) is 3.38. The van der Waals surface area contributed by atoms with Crippen LogP contribution in [0.1, 0.15) is 13.3 Å². The molecule has 0 aromatic heterocycles. The fourth-order valence-electron chi connectivity index (χ4n) is 2.19. The summed E-state index contributed by atoms with van der Waals surface area (Å²) in [6.07, 6.45) is -0.189. The van der Waals surface area contributed by atoms with Crippen LogP contribution in [-0.4, -0.2) is 41.0 Å². The van der Waals surface area contributed by atoms with E-state index in [0.29, 0.717) is 25.1 Å². The van der Waals surface area contributed by atoms with Crippen LogP contribution in [0.5, 0.6) is 0 Å². The summed E-state index contributed by atoms with van der Waals surface area (Å²) in [5.41, 5.74) is -0.360. The number of hydrogen-bond donors (Lipinski definition) is 2. The van der Waals surface area contributed by atoms with Crippen LogP contribution < -0.4 is 5.32 Å². The van der Waals surface area contributed by atoms with E-state index in [1.165, 1.54) is 0 Å². The van der Waals surface area contributed by atoms with Crippen LogP contribution in [0, 0.1) is 23.4 Å². The first-order valence-corrected chi connectivity index (χ1v) is 6.72. The minimum Gasteiger partial charge on any atom is -0.391 e. The molecule has 0 bridgehead atoms. The smallest absolute Gasteiger partial charge is 0.313 e. The van der Waals surface area contributed by atoms with E-state index >= 15 is 0 Å². The summed E-state index contributed by atoms with van der Waals surface area (Å²) >= 11 is 0. The Kier molecular flexibility index (Phi) is 4.70. The van der Waals surface area contributed by atoms with Crippen molar-refractivity contribution in [3.05, 3.63) is 29.6 Å². The van der Waals surface area contributed by atoms with Crippen molar-refractivity contribution in [2.45, 2.75) is 19.4 Å². The SMILES string of the molecule is CC1CCN(C(=O)C(=O)Nc2cc(F)c(F)c(F)c2)CC1O. The van der Waals surface area contributed by atoms with E-state index in [2.05, 4.69) is 0 Å². The van der Waals surface area contributed by atoms with Crippen molar-refractivity contribution in [3.8, 4) is 0 Å². The second kappa shape index (κ2) is 6.35. The zero-order valence-electron chi connectivity index (χ0n) is 11.8. The van der Waals surface area contributed by atoms with Crippen molar-refractivity contribution in [2.24, 2.45) is 5.92 Å². The van der Waals surface area contributed by atoms with Gasteiger partial charge in [-0.3, -0.25) is 9.59 Å². The third-order valence-electron chi connectivity index (χ3n) is 3.64. The number of nitrogens with one attached hydrogen (secondary N) is 1. The highest BCUT2D eigenvalue weighted by atomic mass is 19.2. The maximum Gasteiger partial charge on any atom is 0.313 e. The summed E-state index contributed by atoms with van der Waals surface area (Å²) in [5.74, 6) is -6.59. The van der Waals surface area contributed by atoms with Crippen molar-refractivity contribution < 1.29 is 27.9 Å². The predicted octanol–water partition coefficient (Wildman–Crippen LogP) is 1.27. The molecule has 2 atom stereocenters. The summed E-state index contributed by atoms with van der Waals surface area (Å²) in [5, 5.41) is 11.7. The van der Waals surface area contributed by atoms with Gasteiger partial charge in [0.05, 0.1) is 6.10 Å². The number of hydrogen-bond acceptors (Lipinski definition) is 3. The molecular formula is C14H15F3N2O3. The molecule has 2 rings (SSSR count). The monoisotopic (exact) mass is 316 g/mol. The highest BCUT2D eigenvalue weighted by Crippen LogP contribution is 2.19. The summed E-state index contributed by atoms with van der Waals surface area (Å²) in [6.45, 7) is 2.15. The molecule has 1 aliphatic heterocycles. The molecule has 5 nitrogen and oxygen atoms in total. The van der Waals surface area contributed by atoms with Gasteiger partial charge in [0.1, 0.15) is 0 Å². The Morgan fingerprint density at radius 2 is 1.86 bits per heavy atom. The molecule has 1 fully saturated rings. The highest BCUT2D eigenvalue weighted by molar-refractivity contribution is 6.39. The maximum atomic E-state index is 13.0. The number of piperidine rings is 1. The van der Waals surface area contributed by atoms with E-state index in [1.54, 1.807) is 0 Å². The summed E-state index contributed by atoms with van der Waals surface area (Å²) in [6, 6.07) is 1.16. The van der Waals surface area contributed by atoms with Crippen LogP contribution in [0.15, 0.2) is 12.1 Å². The van der Waals surface area contributed by atoms with Crippen molar-refractivity contribution in [2.75, 3.05) is 18.4 Å². The third-order valence-corrected chi connectivity index (χ3v) is 3.64. The zero-order chi connectivity index (χ0) is 16.4. The molecule has 0 radical (unpaired) electrons. The minimum atomic E-state index is -1.66. The van der Waals surface area contributed by atoms with Gasteiger partial charge >= 0.3 is 11.8 Å². The Morgan fingerprint density at radius 1 is 1.27 bits per heavy atom. The van der Waals surface area contributed by atoms with Crippen molar-refractivity contribution in [1.82, 2.24) is 4.90 Å². The zero-order valence-corrected chi connectivity index (χ0v) is 11.8. The van der Waals surface area contributed by atoms with Gasteiger partial charge < -0.3 is 15.3 Å². The fraction of sp³-hybridized carbons (Fsp3) is 0.429. The molecule has 2 N–H and O–H groups in total. The molecule has 2 amide bonds. The van der Waals surface area contributed by atoms with Crippen molar-refractivity contribution in [3.63, 3.8) is 0 Å². The molecular weight excluding hydrogens is 301 g/mol. The van der Waals surface area contributed by atoms with Gasteiger partial charge in [0.2, 0.25) is 0 Å². The Morgan fingerprint density at radius 3 is 2.41 bits per heavy atom. The van der Waals surface area contributed by atoms with Gasteiger partial charge in [-0.15, -0.1) is 0 Å². The molecule has 2 unspecified atom stereocenters. The Balaban J connectivity index is 2.04. The molecule has 0 spiro atoms. The maximum absolute atomic E-state index is 13.0. The number of amides is 2. The topological polar surface area (TPSA) is 69.6 Å². The lowest BCUT2D eigenvalue weighted by atomic mass is 9.96. The number of aliphatic hydroxyl groups excluding tert-OH is 1. The lowest BCUT2D eigenvalue weighted by molar-refractivity contribution is -0.146. The van der Waals surface area contributed by atoms with E-state index in [9.17, 15) is 27.9 Å². The van der Waals surface area contributed by atoms with E-state index in [0.717, 1.165) is 4.90 Å². The van der Waals surface area contributed by atoms with Crippen LogP contribution in [0.2, 0.25) is 0 Å². The summed E-state index contributed by atoms with van der Waals surface area (Å²) < 4.78 is 38.9. The normalized spacial score (nSPS) is 21.6. The average molecular weight is 316 g/mol. The highest BCUT2D eigenvalue weighted by Gasteiger charge is 2.30. The van der Waals surface area contributed by atoms with Crippen LogP contribution in [0.25, 0.3) is 0 Å². The van der Waals surface area contributed by atoms with Crippen LogP contribution >= 0.6 is 0 Å². The number of aliphatic hydroxyl groups is 1. The molecule has 0 saturated carbocycles. The number of likely N-dealkylation sites (tertiary alicyclic amines) is 1. The molecule has 8 heteroatoms. The first kappa shape index (κ1) is 16.3. The quantitative estimate of drug-likeness (QED) is 0.605. The van der Waals surface area contributed by atoms with Gasteiger partial charge in [-0.2, -0.15) is 0 Å². The molecule has 0 aliphatic carbocycles. The number of halogens is 3. The lowest BCUT2D eigenvalue weighted by Gasteiger charge is -2.33. The number of nitrogens with zero attached hydrogens (tertiary/aromatic N) is 1. The number of rotatable bonds is 1. The van der Waals surface area contributed by atoms with Crippen molar-refractivity contribution in [1.29, 1.82) is 0 Å². The molecule has 1 aromatic rings. The van der Waals surface area contributed by atoms with Gasteiger partial charge in [-0.1, -0.05) is 6.92 Å². The van der Waals surface area contributed by atoms with Crippen LogP contribution in [-0.2, 0) is 9.59 Å². The molecule has 1 heterocycles. The fourth-order valence-corrected chi connectivity index (χ4v) is 2.19. The number of benzene rings is 1. The van der Waals surface area contributed by atoms with Gasteiger partial charge in [0, 0.05) is 30.9 Å². The number of carbonyl (C=O) groups is 2. The predicted molar refractivity (Wildman–Crippen MR) is 71.3 cm³/mol. The molecule has 1 aliphatic rings. The molecule has 1 saturated heterocycles. The van der Waals surface area contributed by atoms with E-state index in [1.807, 2.05) is 12.2 Å². The first-order chi connectivity index (χ1) is 10.3. The number of anilines is 1. The number of carbonyl (C=O) groups excluding carboxylic acids is 2. The van der Waals surface area contributed by atoms with E-state index < -0.39 is 35.4 Å². The average Bonchev–Trinajstić information content (AvgIpc) is 2.46. The standard InChI is InChI=1S/C14H15F3N2O3/c1-7-2-3-19(6-11(7)20)14(22)13(21)18-8-4-9(15)12(17)10(16)5-8/h4-5,7,11,20H,2-3,6H2,1H3,(H,18,21).